The topological polar surface area (TPSA) is 45.9 Å². The number of halogens is 6. The molecule has 0 aromatic carbocycles. The van der Waals surface area contributed by atoms with Gasteiger partial charge < -0.3 is 4.74 Å². The van der Waals surface area contributed by atoms with Gasteiger partial charge in [-0.25, -0.2) is 18.2 Å². The Kier molecular flexibility index (Phi) is 4.00. The van der Waals surface area contributed by atoms with Gasteiger partial charge >= 0.3 is 6.36 Å². The summed E-state index contributed by atoms with van der Waals surface area (Å²) in [4.78, 5) is 2.82. The monoisotopic (exact) mass is 270 g/mol. The Bertz CT molecular complexity index is 479. The van der Waals surface area contributed by atoms with Gasteiger partial charge in [-0.1, -0.05) is 0 Å². The van der Waals surface area contributed by atoms with Crippen molar-refractivity contribution >= 4 is 0 Å². The number of hydrogen-bond acceptors (Lipinski definition) is 3. The number of nitriles is 1. The van der Waals surface area contributed by atoms with Crippen LogP contribution < -0.4 is 4.74 Å². The summed E-state index contributed by atoms with van der Waals surface area (Å²) >= 11 is 0. The first kappa shape index (κ1) is 14.1. The quantitative estimate of drug-likeness (QED) is 0.793. The van der Waals surface area contributed by atoms with Crippen molar-refractivity contribution in [1.29, 1.82) is 5.26 Å². The highest BCUT2D eigenvalue weighted by atomic mass is 19.4. The van der Waals surface area contributed by atoms with E-state index in [1.54, 1.807) is 0 Å². The van der Waals surface area contributed by atoms with Crippen LogP contribution in [0.3, 0.4) is 0 Å². The number of nitrogens with zero attached hydrogens (tertiary/aromatic N) is 2. The van der Waals surface area contributed by atoms with Crippen molar-refractivity contribution in [3.63, 3.8) is 0 Å². The first-order valence-corrected chi connectivity index (χ1v) is 4.34. The molecule has 1 heterocycles. The van der Waals surface area contributed by atoms with E-state index in [1.165, 1.54) is 6.07 Å². The second-order valence-electron chi connectivity index (χ2n) is 2.99. The molecule has 0 amide bonds. The summed E-state index contributed by atoms with van der Waals surface area (Å²) in [5.74, 6) is -2.74. The van der Waals surface area contributed by atoms with Gasteiger partial charge in [0.25, 0.3) is 6.43 Å². The Morgan fingerprint density at radius 3 is 2.44 bits per heavy atom. The average molecular weight is 270 g/mol. The van der Waals surface area contributed by atoms with Gasteiger partial charge in [0.15, 0.2) is 0 Å². The van der Waals surface area contributed by atoms with Crippen LogP contribution in [0, 0.1) is 17.1 Å². The molecule has 0 atom stereocenters. The fourth-order valence-corrected chi connectivity index (χ4v) is 1.20. The smallest absolute Gasteiger partial charge is 0.387 e. The van der Waals surface area contributed by atoms with Crippen LogP contribution in [-0.2, 0) is 6.42 Å². The van der Waals surface area contributed by atoms with Crippen LogP contribution in [0.15, 0.2) is 6.20 Å². The molecule has 3 nitrogen and oxygen atoms in total. The summed E-state index contributed by atoms with van der Waals surface area (Å²) in [6.07, 6.45) is -9.21. The molecule has 0 aliphatic rings. The van der Waals surface area contributed by atoms with E-state index in [4.69, 9.17) is 5.26 Å². The molecule has 9 heteroatoms. The van der Waals surface area contributed by atoms with Crippen molar-refractivity contribution < 1.29 is 31.1 Å². The number of alkyl halides is 5. The van der Waals surface area contributed by atoms with Crippen LogP contribution in [0.5, 0.6) is 5.88 Å². The largest absolute Gasteiger partial charge is 0.574 e. The van der Waals surface area contributed by atoms with Crippen molar-refractivity contribution in [3.8, 4) is 11.9 Å². The first-order chi connectivity index (χ1) is 8.26. The van der Waals surface area contributed by atoms with E-state index >= 15 is 0 Å². The van der Waals surface area contributed by atoms with Gasteiger partial charge in [-0.3, -0.25) is 0 Å². The highest BCUT2D eigenvalue weighted by molar-refractivity contribution is 5.38. The lowest BCUT2D eigenvalue weighted by Gasteiger charge is -2.14. The number of hydrogen-bond donors (Lipinski definition) is 0. The average Bonchev–Trinajstić information content (AvgIpc) is 2.20. The molecule has 0 spiro atoms. The summed E-state index contributed by atoms with van der Waals surface area (Å²) in [5, 5.41) is 8.33. The standard InChI is InChI=1S/C9H4F6N2O/c10-5-3-17-8(18-9(13,14)15)6(7(11)12)4(5)1-2-16/h3,7H,1H2. The molecule has 0 bridgehead atoms. The van der Waals surface area contributed by atoms with Gasteiger partial charge in [0.2, 0.25) is 5.88 Å². The number of pyridine rings is 1. The Balaban J connectivity index is 3.35. The predicted octanol–water partition coefficient (Wildman–Crippen LogP) is 3.12. The molecule has 0 saturated heterocycles. The zero-order valence-electron chi connectivity index (χ0n) is 8.43. The second kappa shape index (κ2) is 5.12. The maximum Gasteiger partial charge on any atom is 0.574 e. The Morgan fingerprint density at radius 1 is 1.39 bits per heavy atom. The zero-order chi connectivity index (χ0) is 13.9. The molecule has 98 valence electrons. The molecule has 0 saturated carbocycles. The van der Waals surface area contributed by atoms with Gasteiger partial charge in [0, 0.05) is 5.56 Å². The SMILES string of the molecule is N#CCc1c(F)cnc(OC(F)(F)F)c1C(F)F. The van der Waals surface area contributed by atoms with Gasteiger partial charge in [0.1, 0.15) is 5.82 Å². The predicted molar refractivity (Wildman–Crippen MR) is 45.2 cm³/mol. The third-order valence-corrected chi connectivity index (χ3v) is 1.83. The summed E-state index contributed by atoms with van der Waals surface area (Å²) in [7, 11) is 0. The van der Waals surface area contributed by atoms with Crippen molar-refractivity contribution in [1.82, 2.24) is 4.98 Å². The molecule has 0 unspecified atom stereocenters. The molecule has 1 aromatic rings. The highest BCUT2D eigenvalue weighted by Gasteiger charge is 2.35. The zero-order valence-corrected chi connectivity index (χ0v) is 8.43. The van der Waals surface area contributed by atoms with Crippen LogP contribution >= 0.6 is 0 Å². The minimum absolute atomic E-state index is 0.291. The van der Waals surface area contributed by atoms with Crippen LogP contribution in [0.4, 0.5) is 26.3 Å². The molecule has 1 aromatic heterocycles. The van der Waals surface area contributed by atoms with E-state index in [0.717, 1.165) is 0 Å². The lowest BCUT2D eigenvalue weighted by Crippen LogP contribution is -2.20. The van der Waals surface area contributed by atoms with Crippen LogP contribution in [-0.4, -0.2) is 11.3 Å². The van der Waals surface area contributed by atoms with E-state index < -0.39 is 42.0 Å². The summed E-state index contributed by atoms with van der Waals surface area (Å²) in [6.45, 7) is 0. The molecular weight excluding hydrogens is 266 g/mol. The molecule has 0 aliphatic heterocycles. The normalized spacial score (nSPS) is 11.4. The molecule has 0 fully saturated rings. The Morgan fingerprint density at radius 2 is 2.00 bits per heavy atom. The van der Waals surface area contributed by atoms with Crippen LogP contribution in [0.1, 0.15) is 17.6 Å². The van der Waals surface area contributed by atoms with Crippen molar-refractivity contribution in [2.45, 2.75) is 19.2 Å². The minimum Gasteiger partial charge on any atom is -0.387 e. The van der Waals surface area contributed by atoms with Gasteiger partial charge in [-0.2, -0.15) is 5.26 Å². The van der Waals surface area contributed by atoms with E-state index in [9.17, 15) is 26.3 Å². The Hall–Kier alpha value is -1.98. The molecule has 0 radical (unpaired) electrons. The third-order valence-electron chi connectivity index (χ3n) is 1.83. The van der Waals surface area contributed by atoms with E-state index in [-0.39, 0.29) is 0 Å². The highest BCUT2D eigenvalue weighted by Crippen LogP contribution is 2.34. The van der Waals surface area contributed by atoms with Crippen LogP contribution in [0.25, 0.3) is 0 Å². The van der Waals surface area contributed by atoms with Crippen molar-refractivity contribution in [2.75, 3.05) is 0 Å². The summed E-state index contributed by atoms with van der Waals surface area (Å²) in [6, 6.07) is 1.37. The first-order valence-electron chi connectivity index (χ1n) is 4.34. The number of rotatable bonds is 3. The lowest BCUT2D eigenvalue weighted by molar-refractivity contribution is -0.276. The lowest BCUT2D eigenvalue weighted by atomic mass is 10.1. The fourth-order valence-electron chi connectivity index (χ4n) is 1.20. The van der Waals surface area contributed by atoms with Crippen molar-refractivity contribution in [2.24, 2.45) is 0 Å². The fraction of sp³-hybridized carbons (Fsp3) is 0.333. The van der Waals surface area contributed by atoms with Gasteiger partial charge in [-0.05, 0) is 0 Å². The summed E-state index contributed by atoms with van der Waals surface area (Å²) in [5.41, 5.74) is -2.23. The third kappa shape index (κ3) is 3.26. The second-order valence-corrected chi connectivity index (χ2v) is 2.99. The summed E-state index contributed by atoms with van der Waals surface area (Å²) < 4.78 is 77.4. The van der Waals surface area contributed by atoms with Crippen molar-refractivity contribution in [3.05, 3.63) is 23.1 Å². The maximum atomic E-state index is 13.1. The molecule has 1 rings (SSSR count). The van der Waals surface area contributed by atoms with E-state index in [0.29, 0.717) is 6.20 Å². The molecular formula is C9H4F6N2O. The van der Waals surface area contributed by atoms with Gasteiger partial charge in [-0.15, -0.1) is 13.2 Å². The number of ether oxygens (including phenoxy) is 1. The molecule has 18 heavy (non-hydrogen) atoms. The minimum atomic E-state index is -5.24. The van der Waals surface area contributed by atoms with E-state index in [2.05, 4.69) is 9.72 Å². The number of aromatic nitrogens is 1. The van der Waals surface area contributed by atoms with Crippen LogP contribution in [0.2, 0.25) is 0 Å². The van der Waals surface area contributed by atoms with Gasteiger partial charge in [0.05, 0.1) is 24.3 Å². The van der Waals surface area contributed by atoms with E-state index in [1.807, 2.05) is 0 Å². The molecule has 0 aliphatic carbocycles. The maximum absolute atomic E-state index is 13.1. The molecule has 0 N–H and O–H groups in total. The Labute approximate surface area is 96.6 Å².